The molecule has 0 aliphatic heterocycles. The summed E-state index contributed by atoms with van der Waals surface area (Å²) in [6, 6.07) is 14.0. The highest BCUT2D eigenvalue weighted by atomic mass is 79.9. The van der Waals surface area contributed by atoms with Crippen molar-refractivity contribution in [1.82, 2.24) is 4.72 Å². The average molecular weight is 355 g/mol. The monoisotopic (exact) mass is 354 g/mol. The van der Waals surface area contributed by atoms with E-state index < -0.39 is 10.0 Å². The van der Waals surface area contributed by atoms with Gasteiger partial charge in [-0.2, -0.15) is 0 Å². The molecule has 20 heavy (non-hydrogen) atoms. The van der Waals surface area contributed by atoms with Crippen LogP contribution in [0.4, 0.5) is 0 Å². The van der Waals surface area contributed by atoms with E-state index in [2.05, 4.69) is 20.7 Å². The first-order chi connectivity index (χ1) is 9.53. The third kappa shape index (κ3) is 3.67. The fraction of sp³-hybridized carbons (Fsp3) is 0.143. The van der Waals surface area contributed by atoms with Gasteiger partial charge in [0.25, 0.3) is 0 Å². The van der Waals surface area contributed by atoms with E-state index >= 15 is 0 Å². The van der Waals surface area contributed by atoms with E-state index in [9.17, 15) is 8.42 Å². The highest BCUT2D eigenvalue weighted by Crippen LogP contribution is 2.17. The van der Waals surface area contributed by atoms with E-state index in [1.54, 1.807) is 24.3 Å². The van der Waals surface area contributed by atoms with Crippen LogP contribution in [-0.4, -0.2) is 8.42 Å². The first-order valence-corrected chi connectivity index (χ1v) is 8.32. The lowest BCUT2D eigenvalue weighted by Gasteiger charge is -2.08. The number of nitrogens with one attached hydrogen (secondary N) is 1. The summed E-state index contributed by atoms with van der Waals surface area (Å²) in [5, 5.41) is 0. The van der Waals surface area contributed by atoms with E-state index in [0.717, 1.165) is 15.6 Å². The quantitative estimate of drug-likeness (QED) is 0.865. The van der Waals surface area contributed by atoms with Gasteiger partial charge < -0.3 is 5.73 Å². The van der Waals surface area contributed by atoms with Crippen LogP contribution in [0.3, 0.4) is 0 Å². The third-order valence-electron chi connectivity index (χ3n) is 2.88. The molecule has 0 aliphatic rings. The minimum absolute atomic E-state index is 0.238. The number of hydrogen-bond donors (Lipinski definition) is 2. The molecule has 0 atom stereocenters. The Morgan fingerprint density at radius 1 is 1.05 bits per heavy atom. The molecule has 6 heteroatoms. The van der Waals surface area contributed by atoms with Crippen molar-refractivity contribution in [2.24, 2.45) is 5.73 Å². The second-order valence-corrected chi connectivity index (χ2v) is 6.89. The molecule has 0 amide bonds. The van der Waals surface area contributed by atoms with Gasteiger partial charge in [-0.15, -0.1) is 0 Å². The molecule has 0 radical (unpaired) electrons. The van der Waals surface area contributed by atoms with E-state index in [1.807, 2.05) is 24.3 Å². The molecule has 3 N–H and O–H groups in total. The molecular formula is C14H15BrN2O2S. The normalized spacial score (nSPS) is 11.5. The molecule has 0 saturated heterocycles. The van der Waals surface area contributed by atoms with Gasteiger partial charge in [-0.1, -0.05) is 46.3 Å². The molecule has 0 fully saturated rings. The predicted octanol–water partition coefficient (Wildman–Crippen LogP) is 2.39. The fourth-order valence-electron chi connectivity index (χ4n) is 1.70. The molecule has 0 saturated carbocycles. The maximum atomic E-state index is 12.2. The van der Waals surface area contributed by atoms with Crippen molar-refractivity contribution in [3.63, 3.8) is 0 Å². The van der Waals surface area contributed by atoms with Crippen molar-refractivity contribution in [3.8, 4) is 0 Å². The van der Waals surface area contributed by atoms with E-state index in [0.29, 0.717) is 6.54 Å². The van der Waals surface area contributed by atoms with Crippen LogP contribution in [0.5, 0.6) is 0 Å². The topological polar surface area (TPSA) is 72.2 Å². The standard InChI is InChI=1S/C14H15BrN2O2S/c15-14-4-2-1-3-12(14)10-17-20(18,19)13-7-5-11(9-16)6-8-13/h1-8,17H,9-10,16H2. The van der Waals surface area contributed by atoms with Crippen LogP contribution in [0, 0.1) is 0 Å². The zero-order valence-corrected chi connectivity index (χ0v) is 13.1. The van der Waals surface area contributed by atoms with Crippen molar-refractivity contribution < 1.29 is 8.42 Å². The van der Waals surface area contributed by atoms with E-state index in [-0.39, 0.29) is 11.4 Å². The van der Waals surface area contributed by atoms with Gasteiger partial charge in [-0.25, -0.2) is 13.1 Å². The minimum atomic E-state index is -3.51. The number of hydrogen-bond acceptors (Lipinski definition) is 3. The van der Waals surface area contributed by atoms with Crippen molar-refractivity contribution >= 4 is 26.0 Å². The smallest absolute Gasteiger partial charge is 0.240 e. The van der Waals surface area contributed by atoms with Gasteiger partial charge in [0.15, 0.2) is 0 Å². The molecule has 2 aromatic rings. The number of rotatable bonds is 5. The Bertz CT molecular complexity index is 685. The fourth-order valence-corrected chi connectivity index (χ4v) is 3.13. The minimum Gasteiger partial charge on any atom is -0.326 e. The number of sulfonamides is 1. The summed E-state index contributed by atoms with van der Waals surface area (Å²) in [5.74, 6) is 0. The number of nitrogens with two attached hydrogens (primary N) is 1. The van der Waals surface area contributed by atoms with Crippen molar-refractivity contribution in [2.45, 2.75) is 18.0 Å². The Balaban J connectivity index is 2.13. The molecule has 0 unspecified atom stereocenters. The second kappa shape index (κ2) is 6.49. The van der Waals surface area contributed by atoms with Gasteiger partial charge in [-0.05, 0) is 29.3 Å². The van der Waals surface area contributed by atoms with Gasteiger partial charge in [-0.3, -0.25) is 0 Å². The maximum Gasteiger partial charge on any atom is 0.240 e. The summed E-state index contributed by atoms with van der Waals surface area (Å²) in [6.45, 7) is 0.632. The zero-order chi connectivity index (χ0) is 14.6. The lowest BCUT2D eigenvalue weighted by Crippen LogP contribution is -2.23. The van der Waals surface area contributed by atoms with Crippen LogP contribution in [0.2, 0.25) is 0 Å². The van der Waals surface area contributed by atoms with Gasteiger partial charge in [0.2, 0.25) is 10.0 Å². The summed E-state index contributed by atoms with van der Waals surface area (Å²) in [7, 11) is -3.51. The van der Waals surface area contributed by atoms with Gasteiger partial charge in [0, 0.05) is 17.6 Å². The van der Waals surface area contributed by atoms with E-state index in [4.69, 9.17) is 5.73 Å². The van der Waals surface area contributed by atoms with Gasteiger partial charge in [0.05, 0.1) is 4.90 Å². The van der Waals surface area contributed by atoms with Crippen molar-refractivity contribution in [3.05, 3.63) is 64.1 Å². The summed E-state index contributed by atoms with van der Waals surface area (Å²) in [6.07, 6.45) is 0. The molecular weight excluding hydrogens is 340 g/mol. The summed E-state index contributed by atoms with van der Waals surface area (Å²) < 4.78 is 27.8. The van der Waals surface area contributed by atoms with Gasteiger partial charge in [0.1, 0.15) is 0 Å². The molecule has 2 rings (SSSR count). The third-order valence-corrected chi connectivity index (χ3v) is 5.07. The second-order valence-electron chi connectivity index (χ2n) is 4.26. The maximum absolute atomic E-state index is 12.2. The van der Waals surface area contributed by atoms with Crippen LogP contribution in [-0.2, 0) is 23.1 Å². The largest absolute Gasteiger partial charge is 0.326 e. The Morgan fingerprint density at radius 3 is 2.30 bits per heavy atom. The van der Waals surface area contributed by atoms with Crippen molar-refractivity contribution in [1.29, 1.82) is 0 Å². The summed E-state index contributed by atoms with van der Waals surface area (Å²) in [4.78, 5) is 0.238. The molecule has 2 aromatic carbocycles. The lowest BCUT2D eigenvalue weighted by atomic mass is 10.2. The first kappa shape index (κ1) is 15.2. The highest BCUT2D eigenvalue weighted by Gasteiger charge is 2.13. The highest BCUT2D eigenvalue weighted by molar-refractivity contribution is 9.10. The predicted molar refractivity (Wildman–Crippen MR) is 82.5 cm³/mol. The van der Waals surface area contributed by atoms with Crippen LogP contribution >= 0.6 is 15.9 Å². The first-order valence-electron chi connectivity index (χ1n) is 6.05. The van der Waals surface area contributed by atoms with Crippen LogP contribution in [0.1, 0.15) is 11.1 Å². The summed E-state index contributed by atoms with van der Waals surface area (Å²) >= 11 is 3.39. The van der Waals surface area contributed by atoms with E-state index in [1.165, 1.54) is 0 Å². The van der Waals surface area contributed by atoms with Crippen LogP contribution in [0.15, 0.2) is 57.9 Å². The van der Waals surface area contributed by atoms with Gasteiger partial charge >= 0.3 is 0 Å². The molecule has 106 valence electrons. The molecule has 0 bridgehead atoms. The molecule has 0 heterocycles. The summed E-state index contributed by atoms with van der Waals surface area (Å²) in [5.41, 5.74) is 7.27. The lowest BCUT2D eigenvalue weighted by molar-refractivity contribution is 0.581. The molecule has 4 nitrogen and oxygen atoms in total. The zero-order valence-electron chi connectivity index (χ0n) is 10.7. The Morgan fingerprint density at radius 2 is 1.70 bits per heavy atom. The average Bonchev–Trinajstić information content (AvgIpc) is 2.46. The van der Waals surface area contributed by atoms with Crippen molar-refractivity contribution in [2.75, 3.05) is 0 Å². The Hall–Kier alpha value is -1.21. The molecule has 0 aromatic heterocycles. The molecule has 0 aliphatic carbocycles. The Kier molecular flexibility index (Phi) is 4.93. The number of benzene rings is 2. The Labute approximate surface area is 127 Å². The SMILES string of the molecule is NCc1ccc(S(=O)(=O)NCc2ccccc2Br)cc1. The van der Waals surface area contributed by atoms with Crippen LogP contribution in [0.25, 0.3) is 0 Å². The molecule has 0 spiro atoms. The number of halogens is 1. The van der Waals surface area contributed by atoms with Crippen LogP contribution < -0.4 is 10.5 Å².